The number of aromatic nitrogens is 4. The molecule has 1 amide bonds. The molecule has 2 aliphatic heterocycles. The van der Waals surface area contributed by atoms with Crippen LogP contribution >= 0.6 is 0 Å². The van der Waals surface area contributed by atoms with Gasteiger partial charge in [0, 0.05) is 37.3 Å². The fraction of sp³-hybridized carbons (Fsp3) is 0.280. The summed E-state index contributed by atoms with van der Waals surface area (Å²) >= 11 is 0. The lowest BCUT2D eigenvalue weighted by atomic mass is 10.0. The molecule has 1 fully saturated rings. The lowest BCUT2D eigenvalue weighted by Crippen LogP contribution is -2.38. The van der Waals surface area contributed by atoms with E-state index in [0.29, 0.717) is 58.9 Å². The number of carbonyl (C=O) groups excluding carboxylic acids is 1. The van der Waals surface area contributed by atoms with Crippen molar-refractivity contribution in [1.82, 2.24) is 24.6 Å². The highest BCUT2D eigenvalue weighted by Gasteiger charge is 2.36. The van der Waals surface area contributed by atoms with E-state index in [9.17, 15) is 17.6 Å². The minimum absolute atomic E-state index is 0.0253. The molecule has 0 saturated carbocycles. The predicted molar refractivity (Wildman–Crippen MR) is 131 cm³/mol. The summed E-state index contributed by atoms with van der Waals surface area (Å²) in [5.74, 6) is 0.385. The van der Waals surface area contributed by atoms with Crippen molar-refractivity contribution in [1.29, 1.82) is 0 Å². The Morgan fingerprint density at radius 3 is 2.58 bits per heavy atom. The Morgan fingerprint density at radius 2 is 1.92 bits per heavy atom. The van der Waals surface area contributed by atoms with Crippen LogP contribution in [0.15, 0.2) is 53.3 Å². The number of nitrogens with zero attached hydrogens (tertiary/aromatic N) is 5. The Labute approximate surface area is 206 Å². The number of furan rings is 1. The van der Waals surface area contributed by atoms with Crippen molar-refractivity contribution >= 4 is 32.4 Å². The zero-order valence-electron chi connectivity index (χ0n) is 19.4. The van der Waals surface area contributed by atoms with E-state index in [2.05, 4.69) is 9.97 Å². The monoisotopic (exact) mass is 507 g/mol. The van der Waals surface area contributed by atoms with Gasteiger partial charge in [0.2, 0.25) is 11.6 Å². The molecule has 9 nitrogen and oxygen atoms in total. The number of carbonyl (C=O) groups is 1. The fourth-order valence-corrected chi connectivity index (χ4v) is 6.05. The van der Waals surface area contributed by atoms with Crippen molar-refractivity contribution in [2.75, 3.05) is 24.6 Å². The number of rotatable bonds is 4. The molecule has 6 rings (SSSR count). The van der Waals surface area contributed by atoms with E-state index in [-0.39, 0.29) is 29.3 Å². The van der Waals surface area contributed by atoms with Crippen LogP contribution < -0.4 is 0 Å². The maximum Gasteiger partial charge on any atom is 0.230 e. The minimum atomic E-state index is -3.05. The molecule has 0 atom stereocenters. The number of sulfone groups is 1. The Balaban J connectivity index is 1.45. The second-order valence-corrected chi connectivity index (χ2v) is 11.3. The molecule has 11 heteroatoms. The van der Waals surface area contributed by atoms with Crippen molar-refractivity contribution < 1.29 is 22.0 Å². The van der Waals surface area contributed by atoms with E-state index in [1.165, 1.54) is 18.5 Å². The van der Waals surface area contributed by atoms with Crippen LogP contribution in [0.3, 0.4) is 0 Å². The maximum absolute atomic E-state index is 13.6. The first-order valence-corrected chi connectivity index (χ1v) is 13.3. The first-order chi connectivity index (χ1) is 17.3. The van der Waals surface area contributed by atoms with Crippen LogP contribution in [-0.2, 0) is 14.6 Å². The molecule has 4 aromatic rings. The smallest absolute Gasteiger partial charge is 0.230 e. The summed E-state index contributed by atoms with van der Waals surface area (Å²) in [5.41, 5.74) is 3.91. The average molecular weight is 508 g/mol. The van der Waals surface area contributed by atoms with E-state index in [1.807, 2.05) is 12.1 Å². The quantitative estimate of drug-likeness (QED) is 0.416. The number of amides is 1. The van der Waals surface area contributed by atoms with Crippen molar-refractivity contribution in [3.63, 3.8) is 0 Å². The normalized spacial score (nSPS) is 17.7. The van der Waals surface area contributed by atoms with E-state index >= 15 is 0 Å². The van der Waals surface area contributed by atoms with Crippen LogP contribution in [0.5, 0.6) is 0 Å². The van der Waals surface area contributed by atoms with Gasteiger partial charge in [-0.3, -0.25) is 9.48 Å². The topological polar surface area (TPSA) is 111 Å². The summed E-state index contributed by atoms with van der Waals surface area (Å²) in [6.45, 7) is 2.69. The van der Waals surface area contributed by atoms with Crippen molar-refractivity contribution in [2.45, 2.75) is 19.4 Å². The SMILES string of the molecule is CC(=O)N1CC=C(c2cc3c(-c4cn(C5CS(=O)(=O)C5)nc4-c4ccc(F)cc4)ncnc3o2)CC1. The highest BCUT2D eigenvalue weighted by molar-refractivity contribution is 7.92. The molecular weight excluding hydrogens is 485 g/mol. The van der Waals surface area contributed by atoms with Crippen molar-refractivity contribution in [3.8, 4) is 22.5 Å². The second-order valence-electron chi connectivity index (χ2n) is 9.11. The summed E-state index contributed by atoms with van der Waals surface area (Å²) in [5, 5.41) is 5.38. The molecule has 0 radical (unpaired) electrons. The highest BCUT2D eigenvalue weighted by atomic mass is 32.2. The van der Waals surface area contributed by atoms with E-state index in [4.69, 9.17) is 9.52 Å². The first kappa shape index (κ1) is 22.6. The lowest BCUT2D eigenvalue weighted by molar-refractivity contribution is -0.128. The van der Waals surface area contributed by atoms with Gasteiger partial charge in [0.25, 0.3) is 0 Å². The summed E-state index contributed by atoms with van der Waals surface area (Å²) in [6, 6.07) is 7.61. The zero-order chi connectivity index (χ0) is 25.0. The van der Waals surface area contributed by atoms with Crippen LogP contribution in [0.4, 0.5) is 4.39 Å². The number of fused-ring (bicyclic) bond motifs is 1. The van der Waals surface area contributed by atoms with E-state index in [1.54, 1.807) is 34.8 Å². The third-order valence-electron chi connectivity index (χ3n) is 6.67. The van der Waals surface area contributed by atoms with Gasteiger partial charge < -0.3 is 9.32 Å². The van der Waals surface area contributed by atoms with Gasteiger partial charge in [-0.2, -0.15) is 5.10 Å². The molecule has 3 aromatic heterocycles. The summed E-state index contributed by atoms with van der Waals surface area (Å²) in [6.07, 6.45) is 5.85. The van der Waals surface area contributed by atoms with Gasteiger partial charge in [0.05, 0.1) is 28.6 Å². The largest absolute Gasteiger partial charge is 0.438 e. The lowest BCUT2D eigenvalue weighted by Gasteiger charge is -2.25. The zero-order valence-corrected chi connectivity index (χ0v) is 20.2. The Morgan fingerprint density at radius 1 is 1.14 bits per heavy atom. The molecule has 0 aliphatic carbocycles. The minimum Gasteiger partial charge on any atom is -0.438 e. The third-order valence-corrected chi connectivity index (χ3v) is 8.46. The van der Waals surface area contributed by atoms with E-state index in [0.717, 1.165) is 5.57 Å². The average Bonchev–Trinajstić information content (AvgIpc) is 3.48. The van der Waals surface area contributed by atoms with Crippen LogP contribution in [0, 0.1) is 5.82 Å². The van der Waals surface area contributed by atoms with Crippen molar-refractivity contribution in [3.05, 3.63) is 60.5 Å². The van der Waals surface area contributed by atoms with Gasteiger partial charge in [0.1, 0.15) is 23.6 Å². The molecule has 36 heavy (non-hydrogen) atoms. The van der Waals surface area contributed by atoms with Gasteiger partial charge >= 0.3 is 0 Å². The molecular formula is C25H22FN5O4S. The Bertz CT molecular complexity index is 1630. The van der Waals surface area contributed by atoms with Crippen LogP contribution in [0.2, 0.25) is 0 Å². The van der Waals surface area contributed by atoms with Crippen LogP contribution in [0.25, 0.3) is 39.2 Å². The predicted octanol–water partition coefficient (Wildman–Crippen LogP) is 3.50. The van der Waals surface area contributed by atoms with Gasteiger partial charge in [-0.15, -0.1) is 0 Å². The molecule has 0 spiro atoms. The number of hydrogen-bond donors (Lipinski definition) is 0. The second kappa shape index (κ2) is 8.37. The standard InChI is InChI=1S/C25H22FN5O4S/c1-15(32)30-8-6-16(7-9-30)22-10-20-24(27-14-28-25(20)35-22)21-11-31(19-12-36(33,34)13-19)29-23(21)17-2-4-18(26)5-3-17/h2-6,10-11,14,19H,7-9,12-13H2,1H3. The third kappa shape index (κ3) is 3.98. The van der Waals surface area contributed by atoms with E-state index < -0.39 is 9.84 Å². The molecule has 184 valence electrons. The number of benzene rings is 1. The first-order valence-electron chi connectivity index (χ1n) is 11.5. The molecule has 5 heterocycles. The van der Waals surface area contributed by atoms with Gasteiger partial charge in [-0.25, -0.2) is 22.8 Å². The molecule has 2 aliphatic rings. The fourth-order valence-electron chi connectivity index (χ4n) is 4.67. The maximum atomic E-state index is 13.6. The van der Waals surface area contributed by atoms with Gasteiger partial charge in [-0.05, 0) is 42.3 Å². The number of halogens is 1. The summed E-state index contributed by atoms with van der Waals surface area (Å²) in [4.78, 5) is 22.3. The molecule has 0 N–H and O–H groups in total. The highest BCUT2D eigenvalue weighted by Crippen LogP contribution is 2.38. The number of hydrogen-bond acceptors (Lipinski definition) is 7. The van der Waals surface area contributed by atoms with Crippen LogP contribution in [0.1, 0.15) is 25.1 Å². The Hall–Kier alpha value is -3.86. The summed E-state index contributed by atoms with van der Waals surface area (Å²) in [7, 11) is -3.05. The van der Waals surface area contributed by atoms with Gasteiger partial charge in [-0.1, -0.05) is 6.08 Å². The van der Waals surface area contributed by atoms with Gasteiger partial charge in [0.15, 0.2) is 9.84 Å². The summed E-state index contributed by atoms with van der Waals surface area (Å²) < 4.78 is 44.9. The van der Waals surface area contributed by atoms with Crippen molar-refractivity contribution in [2.24, 2.45) is 0 Å². The molecule has 1 saturated heterocycles. The molecule has 1 aromatic carbocycles. The molecule has 0 bridgehead atoms. The molecule has 0 unspecified atom stereocenters. The van der Waals surface area contributed by atoms with Crippen LogP contribution in [-0.4, -0.2) is 63.6 Å². The Kier molecular flexibility index (Phi) is 5.25.